The SMILES string of the molecule is CCn1c(-c2cc(C)c(C)c(C)c2)nc(-c2ccc(C(C)(C)C)cc2)c1-c1ccc(C(C)(C)C)cc1. The summed E-state index contributed by atoms with van der Waals surface area (Å²) in [4.78, 5) is 5.34. The average Bonchev–Trinajstić information content (AvgIpc) is 3.21. The maximum atomic E-state index is 5.34. The van der Waals surface area contributed by atoms with Gasteiger partial charge in [0.1, 0.15) is 5.82 Å². The van der Waals surface area contributed by atoms with Crippen molar-refractivity contribution in [3.8, 4) is 33.9 Å². The standard InChI is InChI=1S/C34H42N2/c1-11-36-31(26-14-18-29(19-15-26)34(8,9)10)30(25-12-16-28(17-13-25)33(5,6)7)35-32(36)27-20-22(2)24(4)23(3)21-27/h12-21H,11H2,1-10H3. The highest BCUT2D eigenvalue weighted by Crippen LogP contribution is 2.38. The number of imidazole rings is 1. The summed E-state index contributed by atoms with van der Waals surface area (Å²) in [5.74, 6) is 1.04. The zero-order valence-electron chi connectivity index (χ0n) is 23.9. The van der Waals surface area contributed by atoms with E-state index in [9.17, 15) is 0 Å². The van der Waals surface area contributed by atoms with Gasteiger partial charge in [0.15, 0.2) is 0 Å². The lowest BCUT2D eigenvalue weighted by atomic mass is 9.86. The Kier molecular flexibility index (Phi) is 6.77. The molecule has 0 N–H and O–H groups in total. The number of aryl methyl sites for hydroxylation is 2. The van der Waals surface area contributed by atoms with Crippen LogP contribution in [0.5, 0.6) is 0 Å². The van der Waals surface area contributed by atoms with Crippen LogP contribution < -0.4 is 0 Å². The molecule has 4 rings (SSSR count). The predicted octanol–water partition coefficient (Wildman–Crippen LogP) is 9.42. The molecule has 0 radical (unpaired) electrons. The number of hydrogen-bond donors (Lipinski definition) is 0. The van der Waals surface area contributed by atoms with E-state index in [1.165, 1.54) is 44.6 Å². The van der Waals surface area contributed by atoms with E-state index in [4.69, 9.17) is 4.98 Å². The molecule has 0 unspecified atom stereocenters. The summed E-state index contributed by atoms with van der Waals surface area (Å²) in [5.41, 5.74) is 12.7. The molecule has 0 saturated heterocycles. The molecule has 0 atom stereocenters. The highest BCUT2D eigenvalue weighted by molar-refractivity contribution is 5.82. The summed E-state index contributed by atoms with van der Waals surface area (Å²) in [7, 11) is 0. The Morgan fingerprint density at radius 2 is 1.08 bits per heavy atom. The van der Waals surface area contributed by atoms with Crippen LogP contribution in [0.3, 0.4) is 0 Å². The summed E-state index contributed by atoms with van der Waals surface area (Å²) >= 11 is 0. The second-order valence-corrected chi connectivity index (χ2v) is 12.3. The Morgan fingerprint density at radius 1 is 0.639 bits per heavy atom. The van der Waals surface area contributed by atoms with E-state index in [-0.39, 0.29) is 10.8 Å². The van der Waals surface area contributed by atoms with E-state index < -0.39 is 0 Å². The summed E-state index contributed by atoms with van der Waals surface area (Å²) in [6.07, 6.45) is 0. The van der Waals surface area contributed by atoms with Gasteiger partial charge in [-0.25, -0.2) is 4.98 Å². The number of aromatic nitrogens is 2. The van der Waals surface area contributed by atoms with Crippen LogP contribution >= 0.6 is 0 Å². The first-order valence-corrected chi connectivity index (χ1v) is 13.2. The van der Waals surface area contributed by atoms with Crippen molar-refractivity contribution in [2.75, 3.05) is 0 Å². The fraction of sp³-hybridized carbons (Fsp3) is 0.382. The second-order valence-electron chi connectivity index (χ2n) is 12.3. The number of benzene rings is 3. The molecule has 0 bridgehead atoms. The molecule has 0 amide bonds. The zero-order chi connectivity index (χ0) is 26.4. The van der Waals surface area contributed by atoms with Crippen molar-refractivity contribution >= 4 is 0 Å². The lowest BCUT2D eigenvalue weighted by Crippen LogP contribution is -2.10. The molecular weight excluding hydrogens is 436 g/mol. The Morgan fingerprint density at radius 3 is 1.50 bits per heavy atom. The molecular formula is C34H42N2. The molecule has 0 spiro atoms. The average molecular weight is 479 g/mol. The molecule has 0 saturated carbocycles. The summed E-state index contributed by atoms with van der Waals surface area (Å²) in [6, 6.07) is 22.7. The highest BCUT2D eigenvalue weighted by Gasteiger charge is 2.23. The Balaban J connectivity index is 1.97. The quantitative estimate of drug-likeness (QED) is 0.285. The molecule has 1 aromatic heterocycles. The van der Waals surface area contributed by atoms with Gasteiger partial charge in [0.05, 0.1) is 11.4 Å². The molecule has 36 heavy (non-hydrogen) atoms. The minimum absolute atomic E-state index is 0.120. The van der Waals surface area contributed by atoms with Gasteiger partial charge in [-0.1, -0.05) is 90.1 Å². The van der Waals surface area contributed by atoms with Crippen LogP contribution in [0.25, 0.3) is 33.9 Å². The number of nitrogens with zero attached hydrogens (tertiary/aromatic N) is 2. The molecule has 0 aliphatic heterocycles. The maximum absolute atomic E-state index is 5.34. The first-order valence-electron chi connectivity index (χ1n) is 13.2. The van der Waals surface area contributed by atoms with Crippen LogP contribution in [0.1, 0.15) is 76.3 Å². The monoisotopic (exact) mass is 478 g/mol. The Labute approximate surface area is 218 Å². The van der Waals surface area contributed by atoms with E-state index in [1.807, 2.05) is 0 Å². The summed E-state index contributed by atoms with van der Waals surface area (Å²) < 4.78 is 2.39. The molecule has 0 aliphatic rings. The van der Waals surface area contributed by atoms with Gasteiger partial charge in [-0.2, -0.15) is 0 Å². The smallest absolute Gasteiger partial charge is 0.141 e. The van der Waals surface area contributed by atoms with Gasteiger partial charge in [0.25, 0.3) is 0 Å². The number of rotatable bonds is 4. The largest absolute Gasteiger partial charge is 0.324 e. The third-order valence-corrected chi connectivity index (χ3v) is 7.52. The fourth-order valence-electron chi connectivity index (χ4n) is 4.90. The van der Waals surface area contributed by atoms with E-state index in [0.717, 1.165) is 23.6 Å². The van der Waals surface area contributed by atoms with Crippen molar-refractivity contribution < 1.29 is 0 Å². The van der Waals surface area contributed by atoms with Crippen molar-refractivity contribution in [2.24, 2.45) is 0 Å². The van der Waals surface area contributed by atoms with E-state index in [2.05, 4.69) is 134 Å². The molecule has 4 aromatic rings. The van der Waals surface area contributed by atoms with Crippen LogP contribution in [0, 0.1) is 20.8 Å². The minimum atomic E-state index is 0.120. The third-order valence-electron chi connectivity index (χ3n) is 7.52. The fourth-order valence-corrected chi connectivity index (χ4v) is 4.90. The van der Waals surface area contributed by atoms with Gasteiger partial charge in [-0.15, -0.1) is 0 Å². The van der Waals surface area contributed by atoms with Crippen molar-refractivity contribution in [3.05, 3.63) is 88.5 Å². The van der Waals surface area contributed by atoms with E-state index >= 15 is 0 Å². The normalized spacial score (nSPS) is 12.3. The van der Waals surface area contributed by atoms with E-state index in [0.29, 0.717) is 0 Å². The van der Waals surface area contributed by atoms with Gasteiger partial charge in [-0.05, 0) is 78.5 Å². The van der Waals surface area contributed by atoms with Crippen LogP contribution in [-0.2, 0) is 17.4 Å². The van der Waals surface area contributed by atoms with Crippen molar-refractivity contribution in [1.82, 2.24) is 9.55 Å². The van der Waals surface area contributed by atoms with Gasteiger partial charge in [0.2, 0.25) is 0 Å². The molecule has 2 heteroatoms. The number of hydrogen-bond acceptors (Lipinski definition) is 1. The van der Waals surface area contributed by atoms with E-state index in [1.54, 1.807) is 0 Å². The van der Waals surface area contributed by atoms with Crippen molar-refractivity contribution in [2.45, 2.75) is 86.6 Å². The van der Waals surface area contributed by atoms with Gasteiger partial charge >= 0.3 is 0 Å². The van der Waals surface area contributed by atoms with Gasteiger partial charge in [0, 0.05) is 23.2 Å². The van der Waals surface area contributed by atoms with Crippen LogP contribution in [0.15, 0.2) is 60.7 Å². The third kappa shape index (κ3) is 4.91. The van der Waals surface area contributed by atoms with Crippen LogP contribution in [0.4, 0.5) is 0 Å². The van der Waals surface area contributed by atoms with Gasteiger partial charge in [-0.3, -0.25) is 0 Å². The van der Waals surface area contributed by atoms with Crippen LogP contribution in [-0.4, -0.2) is 9.55 Å². The van der Waals surface area contributed by atoms with Crippen molar-refractivity contribution in [1.29, 1.82) is 0 Å². The maximum Gasteiger partial charge on any atom is 0.141 e. The van der Waals surface area contributed by atoms with Gasteiger partial charge < -0.3 is 4.57 Å². The molecule has 188 valence electrons. The summed E-state index contributed by atoms with van der Waals surface area (Å²) in [5, 5.41) is 0. The minimum Gasteiger partial charge on any atom is -0.324 e. The Hall–Kier alpha value is -3.13. The first-order chi connectivity index (χ1) is 16.8. The highest BCUT2D eigenvalue weighted by atomic mass is 15.1. The molecule has 2 nitrogen and oxygen atoms in total. The Bertz CT molecular complexity index is 1350. The topological polar surface area (TPSA) is 17.8 Å². The van der Waals surface area contributed by atoms with Crippen LogP contribution in [0.2, 0.25) is 0 Å². The second kappa shape index (κ2) is 9.39. The predicted molar refractivity (Wildman–Crippen MR) is 156 cm³/mol. The summed E-state index contributed by atoms with van der Waals surface area (Å²) in [6.45, 7) is 23.2. The lowest BCUT2D eigenvalue weighted by molar-refractivity contribution is 0.590. The molecule has 0 aliphatic carbocycles. The zero-order valence-corrected chi connectivity index (χ0v) is 23.9. The molecule has 0 fully saturated rings. The lowest BCUT2D eigenvalue weighted by Gasteiger charge is -2.20. The van der Waals surface area contributed by atoms with Crippen molar-refractivity contribution in [3.63, 3.8) is 0 Å². The molecule has 3 aromatic carbocycles. The molecule has 1 heterocycles. The first kappa shape index (κ1) is 25.9.